The van der Waals surface area contributed by atoms with Crippen LogP contribution in [-0.2, 0) is 16.7 Å². The molecule has 1 rings (SSSR count). The van der Waals surface area contributed by atoms with Crippen molar-refractivity contribution in [3.63, 3.8) is 0 Å². The molecule has 1 aromatic heterocycles. The summed E-state index contributed by atoms with van der Waals surface area (Å²) in [7, 11) is 0. The third-order valence-electron chi connectivity index (χ3n) is 2.58. The second-order valence-corrected chi connectivity index (χ2v) is 5.06. The molecule has 1 atom stereocenters. The smallest absolute Gasteiger partial charge is 0.261 e. The van der Waals surface area contributed by atoms with Gasteiger partial charge in [-0.15, -0.1) is 11.3 Å². The molecule has 0 aliphatic heterocycles. The first-order valence-corrected chi connectivity index (χ1v) is 6.43. The summed E-state index contributed by atoms with van der Waals surface area (Å²) in [6.45, 7) is 3.69. The summed E-state index contributed by atoms with van der Waals surface area (Å²) in [6.07, 6.45) is -1.05. The summed E-state index contributed by atoms with van der Waals surface area (Å²) in [6, 6.07) is 0. The number of rotatable bonds is 7. The third-order valence-corrected chi connectivity index (χ3v) is 3.48. The topological polar surface area (TPSA) is 48.1 Å². The Morgan fingerprint density at radius 3 is 2.88 bits per heavy atom. The van der Waals surface area contributed by atoms with E-state index in [1.54, 1.807) is 0 Å². The van der Waals surface area contributed by atoms with Gasteiger partial charge in [-0.05, 0) is 13.3 Å². The Morgan fingerprint density at radius 1 is 1.59 bits per heavy atom. The molecule has 98 valence electrons. The molecule has 0 amide bonds. The van der Waals surface area contributed by atoms with Crippen molar-refractivity contribution in [2.75, 3.05) is 13.2 Å². The van der Waals surface area contributed by atoms with Crippen LogP contribution in [0.5, 0.6) is 0 Å². The second kappa shape index (κ2) is 6.37. The first-order chi connectivity index (χ1) is 7.95. The van der Waals surface area contributed by atoms with E-state index in [2.05, 4.69) is 4.98 Å². The lowest BCUT2D eigenvalue weighted by molar-refractivity contribution is 0.0187. The van der Waals surface area contributed by atoms with Gasteiger partial charge in [0.15, 0.2) is 0 Å². The third kappa shape index (κ3) is 4.65. The van der Waals surface area contributed by atoms with Gasteiger partial charge in [0.2, 0.25) is 0 Å². The van der Waals surface area contributed by atoms with Crippen LogP contribution in [0.3, 0.4) is 0 Å². The predicted molar refractivity (Wildman–Crippen MR) is 64.5 cm³/mol. The van der Waals surface area contributed by atoms with Crippen LogP contribution in [0.2, 0.25) is 0 Å². The number of thiazole rings is 1. The van der Waals surface area contributed by atoms with E-state index >= 15 is 0 Å². The maximum Gasteiger partial charge on any atom is 0.261 e. The van der Waals surface area contributed by atoms with Crippen LogP contribution in [0, 0.1) is 0 Å². The Balaban J connectivity index is 2.41. The fourth-order valence-corrected chi connectivity index (χ4v) is 2.12. The fourth-order valence-electron chi connectivity index (χ4n) is 1.20. The number of aromatic nitrogens is 1. The zero-order valence-electron chi connectivity index (χ0n) is 10.1. The van der Waals surface area contributed by atoms with E-state index in [1.165, 1.54) is 11.3 Å². The molecule has 0 aliphatic carbocycles. The van der Waals surface area contributed by atoms with Crippen molar-refractivity contribution in [2.45, 2.75) is 38.7 Å². The minimum Gasteiger partial charge on any atom is -0.375 e. The van der Waals surface area contributed by atoms with Crippen molar-refractivity contribution in [3.05, 3.63) is 16.1 Å². The van der Waals surface area contributed by atoms with E-state index in [0.717, 1.165) is 17.1 Å². The molecule has 1 unspecified atom stereocenters. The van der Waals surface area contributed by atoms with Gasteiger partial charge < -0.3 is 10.5 Å². The number of nitrogens with zero attached hydrogens (tertiary/aromatic N) is 1. The van der Waals surface area contributed by atoms with Gasteiger partial charge >= 0.3 is 0 Å². The first kappa shape index (κ1) is 14.5. The minimum absolute atomic E-state index is 0.269. The number of ether oxygens (including phenoxy) is 1. The molecule has 0 aliphatic rings. The zero-order valence-corrected chi connectivity index (χ0v) is 10.9. The van der Waals surface area contributed by atoms with Crippen molar-refractivity contribution in [1.29, 1.82) is 0 Å². The average Bonchev–Trinajstić information content (AvgIpc) is 2.73. The number of alkyl halides is 2. The van der Waals surface area contributed by atoms with Crippen molar-refractivity contribution in [3.8, 4) is 0 Å². The zero-order chi connectivity index (χ0) is 12.9. The van der Waals surface area contributed by atoms with E-state index in [9.17, 15) is 8.78 Å². The molecule has 0 fully saturated rings. The van der Waals surface area contributed by atoms with Gasteiger partial charge in [0.05, 0.1) is 22.8 Å². The Labute approximate surface area is 104 Å². The van der Waals surface area contributed by atoms with E-state index in [0.29, 0.717) is 6.42 Å². The summed E-state index contributed by atoms with van der Waals surface area (Å²) in [5, 5.41) is 2.80. The van der Waals surface area contributed by atoms with E-state index in [4.69, 9.17) is 10.5 Å². The van der Waals surface area contributed by atoms with E-state index in [-0.39, 0.29) is 6.61 Å². The summed E-state index contributed by atoms with van der Waals surface area (Å²) < 4.78 is 28.4. The van der Waals surface area contributed by atoms with Crippen molar-refractivity contribution in [1.82, 2.24) is 4.98 Å². The lowest BCUT2D eigenvalue weighted by atomic mass is 9.97. The van der Waals surface area contributed by atoms with Gasteiger partial charge in [0.25, 0.3) is 6.43 Å². The van der Waals surface area contributed by atoms with Crippen LogP contribution in [0.4, 0.5) is 8.78 Å². The minimum atomic E-state index is -2.41. The second-order valence-electron chi connectivity index (χ2n) is 4.11. The molecular formula is C11H18F2N2OS. The highest BCUT2D eigenvalue weighted by Crippen LogP contribution is 2.23. The first-order valence-electron chi connectivity index (χ1n) is 5.55. The number of hydrogen-bond acceptors (Lipinski definition) is 4. The Morgan fingerprint density at radius 2 is 2.29 bits per heavy atom. The lowest BCUT2D eigenvalue weighted by Gasteiger charge is -2.19. The highest BCUT2D eigenvalue weighted by Gasteiger charge is 2.21. The Kier molecular flexibility index (Phi) is 5.42. The predicted octanol–water partition coefficient (Wildman–Crippen LogP) is 2.55. The molecule has 1 heterocycles. The molecule has 0 saturated carbocycles. The van der Waals surface area contributed by atoms with Crippen LogP contribution < -0.4 is 5.73 Å². The fraction of sp³-hybridized carbons (Fsp3) is 0.727. The molecule has 17 heavy (non-hydrogen) atoms. The van der Waals surface area contributed by atoms with Crippen LogP contribution in [0.1, 0.15) is 31.0 Å². The summed E-state index contributed by atoms with van der Waals surface area (Å²) >= 11 is 1.49. The highest BCUT2D eigenvalue weighted by atomic mass is 32.1. The Hall–Kier alpha value is -0.590. The number of halogens is 2. The molecule has 0 bridgehead atoms. The molecule has 0 spiro atoms. The van der Waals surface area contributed by atoms with Crippen LogP contribution >= 0.6 is 11.3 Å². The van der Waals surface area contributed by atoms with Crippen LogP contribution in [0.25, 0.3) is 0 Å². The van der Waals surface area contributed by atoms with Crippen LogP contribution in [0.15, 0.2) is 5.38 Å². The average molecular weight is 264 g/mol. The van der Waals surface area contributed by atoms with Crippen molar-refractivity contribution < 1.29 is 13.5 Å². The van der Waals surface area contributed by atoms with Crippen molar-refractivity contribution >= 4 is 11.3 Å². The summed E-state index contributed by atoms with van der Waals surface area (Å²) in [5.74, 6) is 0. The Bertz CT molecular complexity index is 342. The van der Waals surface area contributed by atoms with Crippen LogP contribution in [-0.4, -0.2) is 24.6 Å². The van der Waals surface area contributed by atoms with Gasteiger partial charge in [0.1, 0.15) is 6.61 Å². The molecule has 6 heteroatoms. The monoisotopic (exact) mass is 264 g/mol. The number of nitrogens with two attached hydrogens (primary N) is 1. The van der Waals surface area contributed by atoms with E-state index < -0.39 is 18.6 Å². The highest BCUT2D eigenvalue weighted by molar-refractivity contribution is 7.09. The SMILES string of the molecule is CCC(C)(N)c1csc(CCOCC(F)F)n1. The molecule has 1 aromatic rings. The molecule has 2 N–H and O–H groups in total. The molecule has 3 nitrogen and oxygen atoms in total. The quantitative estimate of drug-likeness (QED) is 0.770. The number of hydrogen-bond donors (Lipinski definition) is 1. The molecular weight excluding hydrogens is 246 g/mol. The maximum absolute atomic E-state index is 11.8. The normalized spacial score (nSPS) is 15.2. The van der Waals surface area contributed by atoms with E-state index in [1.807, 2.05) is 19.2 Å². The molecule has 0 radical (unpaired) electrons. The molecule has 0 saturated heterocycles. The van der Waals surface area contributed by atoms with Gasteiger partial charge in [0, 0.05) is 11.8 Å². The standard InChI is InChI=1S/C11H18F2N2OS/c1-3-11(2,14)8-7-17-10(15-8)4-5-16-6-9(12)13/h7,9H,3-6,14H2,1-2H3. The molecule has 0 aromatic carbocycles. The maximum atomic E-state index is 11.8. The summed E-state index contributed by atoms with van der Waals surface area (Å²) in [4.78, 5) is 4.40. The lowest BCUT2D eigenvalue weighted by Crippen LogP contribution is -2.32. The van der Waals surface area contributed by atoms with Gasteiger partial charge in [-0.3, -0.25) is 0 Å². The van der Waals surface area contributed by atoms with Gasteiger partial charge in [-0.25, -0.2) is 13.8 Å². The van der Waals surface area contributed by atoms with Gasteiger partial charge in [-0.2, -0.15) is 0 Å². The summed E-state index contributed by atoms with van der Waals surface area (Å²) in [5.41, 5.74) is 6.50. The largest absolute Gasteiger partial charge is 0.375 e. The van der Waals surface area contributed by atoms with Crippen molar-refractivity contribution in [2.24, 2.45) is 5.73 Å². The van der Waals surface area contributed by atoms with Gasteiger partial charge in [-0.1, -0.05) is 6.92 Å².